The number of benzene rings is 3. The summed E-state index contributed by atoms with van der Waals surface area (Å²) >= 11 is 0. The highest BCUT2D eigenvalue weighted by Gasteiger charge is 2.52. The number of hydrogen-bond acceptors (Lipinski definition) is 3. The van der Waals surface area contributed by atoms with Crippen LogP contribution >= 0.6 is 0 Å². The lowest BCUT2D eigenvalue weighted by atomic mass is 9.63. The Morgan fingerprint density at radius 3 is 1.84 bits per heavy atom. The van der Waals surface area contributed by atoms with Crippen molar-refractivity contribution in [1.29, 1.82) is 0 Å². The van der Waals surface area contributed by atoms with E-state index in [9.17, 15) is 0 Å². The van der Waals surface area contributed by atoms with Gasteiger partial charge in [0, 0.05) is 36.8 Å². The second-order valence-electron chi connectivity index (χ2n) is 10.5. The van der Waals surface area contributed by atoms with Crippen LogP contribution in [0.4, 0.5) is 0 Å². The van der Waals surface area contributed by atoms with Crippen LogP contribution in [0.25, 0.3) is 33.4 Å². The van der Waals surface area contributed by atoms with Gasteiger partial charge in [0.2, 0.25) is 0 Å². The summed E-state index contributed by atoms with van der Waals surface area (Å²) in [4.78, 5) is 8.82. The average molecular weight is 491 g/mol. The van der Waals surface area contributed by atoms with E-state index in [1.807, 2.05) is 36.9 Å². The lowest BCUT2D eigenvalue weighted by molar-refractivity contribution is 0.336. The molecular weight excluding hydrogens is 464 g/mol. The fourth-order valence-corrected chi connectivity index (χ4v) is 6.91. The van der Waals surface area contributed by atoms with Gasteiger partial charge in [-0.3, -0.25) is 9.97 Å². The van der Waals surface area contributed by atoms with Gasteiger partial charge in [0.25, 0.3) is 0 Å². The Bertz CT molecular complexity index is 1650. The monoisotopic (exact) mass is 490 g/mol. The summed E-state index contributed by atoms with van der Waals surface area (Å²) in [5.74, 6) is 2.14. The van der Waals surface area contributed by atoms with Gasteiger partial charge in [0.05, 0.1) is 5.41 Å². The maximum absolute atomic E-state index is 6.64. The number of rotatable bonds is 2. The molecule has 3 heterocycles. The molecule has 3 nitrogen and oxygen atoms in total. The molecule has 0 atom stereocenters. The molecule has 0 saturated heterocycles. The van der Waals surface area contributed by atoms with Crippen LogP contribution in [-0.4, -0.2) is 9.97 Å². The minimum atomic E-state index is -0.383. The number of pyridine rings is 2. The molecular formula is C35H26N2O. The number of allylic oxidation sites excluding steroid dienone is 2. The zero-order valence-corrected chi connectivity index (χ0v) is 21.0. The highest BCUT2D eigenvalue weighted by molar-refractivity contribution is 5.91. The Labute approximate surface area is 222 Å². The van der Waals surface area contributed by atoms with E-state index < -0.39 is 0 Å². The maximum atomic E-state index is 6.64. The molecule has 0 N–H and O–H groups in total. The van der Waals surface area contributed by atoms with Crippen LogP contribution in [0.1, 0.15) is 42.4 Å². The molecule has 0 saturated carbocycles. The first-order valence-corrected chi connectivity index (χ1v) is 13.4. The Morgan fingerprint density at radius 2 is 1.21 bits per heavy atom. The number of fused-ring (bicyclic) bond motifs is 8. The highest BCUT2D eigenvalue weighted by Crippen LogP contribution is 2.63. The summed E-state index contributed by atoms with van der Waals surface area (Å²) in [7, 11) is 0. The molecule has 3 aliphatic rings. The average Bonchev–Trinajstić information content (AvgIpc) is 3.28. The third-order valence-corrected chi connectivity index (χ3v) is 8.52. The Kier molecular flexibility index (Phi) is 4.69. The largest absolute Gasteiger partial charge is 0.461 e. The zero-order chi connectivity index (χ0) is 25.1. The van der Waals surface area contributed by atoms with E-state index in [0.717, 1.165) is 35.5 Å². The van der Waals surface area contributed by atoms with Crippen molar-refractivity contribution < 1.29 is 4.74 Å². The van der Waals surface area contributed by atoms with E-state index in [4.69, 9.17) is 4.74 Å². The number of para-hydroxylation sites is 1. The topological polar surface area (TPSA) is 35.0 Å². The smallest absolute Gasteiger partial charge is 0.131 e. The first-order valence-electron chi connectivity index (χ1n) is 13.4. The quantitative estimate of drug-likeness (QED) is 0.249. The molecule has 182 valence electrons. The molecule has 1 spiro atoms. The fourth-order valence-electron chi connectivity index (χ4n) is 6.91. The molecule has 1 aliphatic heterocycles. The predicted molar refractivity (Wildman–Crippen MR) is 151 cm³/mol. The highest BCUT2D eigenvalue weighted by atomic mass is 16.5. The predicted octanol–water partition coefficient (Wildman–Crippen LogP) is 8.35. The van der Waals surface area contributed by atoms with Crippen LogP contribution in [0, 0.1) is 0 Å². The van der Waals surface area contributed by atoms with Gasteiger partial charge in [0.15, 0.2) is 0 Å². The van der Waals surface area contributed by atoms with Crippen molar-refractivity contribution in [2.75, 3.05) is 0 Å². The first-order chi connectivity index (χ1) is 18.8. The van der Waals surface area contributed by atoms with Gasteiger partial charge in [-0.2, -0.15) is 0 Å². The lowest BCUT2D eigenvalue weighted by Gasteiger charge is -2.43. The third kappa shape index (κ3) is 2.96. The summed E-state index contributed by atoms with van der Waals surface area (Å²) in [6, 6.07) is 30.9. The third-order valence-electron chi connectivity index (χ3n) is 8.52. The maximum Gasteiger partial charge on any atom is 0.131 e. The van der Waals surface area contributed by atoms with Gasteiger partial charge in [-0.1, -0.05) is 54.6 Å². The number of ether oxygens (including phenoxy) is 1. The SMILES string of the molecule is c1cncc(-c2ccc3c(c2)C2(C4=C(CCCC4)Oc4ccccc42)c2cc(-c4cccnc4)ccc2-3)c1. The van der Waals surface area contributed by atoms with E-state index in [2.05, 4.69) is 82.8 Å². The molecule has 3 heteroatoms. The van der Waals surface area contributed by atoms with Crippen LogP contribution in [0.3, 0.4) is 0 Å². The fraction of sp³-hybridized carbons (Fsp3) is 0.143. The van der Waals surface area contributed by atoms with Crippen molar-refractivity contribution >= 4 is 0 Å². The minimum absolute atomic E-state index is 0.383. The van der Waals surface area contributed by atoms with E-state index in [0.29, 0.717) is 0 Å². The van der Waals surface area contributed by atoms with Gasteiger partial charge < -0.3 is 4.74 Å². The molecule has 2 aliphatic carbocycles. The van der Waals surface area contributed by atoms with Crippen LogP contribution in [0.5, 0.6) is 5.75 Å². The summed E-state index contributed by atoms with van der Waals surface area (Å²) < 4.78 is 6.64. The normalized spacial score (nSPS) is 16.3. The molecule has 0 amide bonds. The van der Waals surface area contributed by atoms with E-state index in [1.54, 1.807) is 0 Å². The van der Waals surface area contributed by atoms with Crippen molar-refractivity contribution in [3.63, 3.8) is 0 Å². The number of nitrogens with zero attached hydrogens (tertiary/aromatic N) is 2. The zero-order valence-electron chi connectivity index (χ0n) is 21.0. The molecule has 8 rings (SSSR count). The second-order valence-corrected chi connectivity index (χ2v) is 10.5. The van der Waals surface area contributed by atoms with Crippen LogP contribution < -0.4 is 4.74 Å². The van der Waals surface area contributed by atoms with Crippen molar-refractivity contribution in [2.24, 2.45) is 0 Å². The summed E-state index contributed by atoms with van der Waals surface area (Å²) in [6.45, 7) is 0. The van der Waals surface area contributed by atoms with Crippen molar-refractivity contribution in [1.82, 2.24) is 9.97 Å². The standard InChI is InChI=1S/C35H26N2O/c1-3-11-33-29(9-1)35(30-10-2-4-12-34(30)38-33)31-19-23(25-7-5-17-36-21-25)13-15-27(31)28-16-14-24(20-32(28)35)26-8-6-18-37-22-26/h1,3,5-9,11,13-22H,2,4,10,12H2. The van der Waals surface area contributed by atoms with Gasteiger partial charge in [0.1, 0.15) is 11.5 Å². The summed E-state index contributed by atoms with van der Waals surface area (Å²) in [6.07, 6.45) is 12.0. The van der Waals surface area contributed by atoms with Crippen molar-refractivity contribution in [3.05, 3.63) is 138 Å². The number of hydrogen-bond donors (Lipinski definition) is 0. The van der Waals surface area contributed by atoms with Gasteiger partial charge in [-0.05, 0) is 99.7 Å². The Balaban J connectivity index is 1.49. The Morgan fingerprint density at radius 1 is 0.579 bits per heavy atom. The molecule has 0 bridgehead atoms. The summed E-state index contributed by atoms with van der Waals surface area (Å²) in [5.41, 5.74) is 12.2. The van der Waals surface area contributed by atoms with E-state index in [-0.39, 0.29) is 5.41 Å². The molecule has 0 unspecified atom stereocenters. The van der Waals surface area contributed by atoms with Crippen molar-refractivity contribution in [3.8, 4) is 39.1 Å². The van der Waals surface area contributed by atoms with Crippen LogP contribution in [0.2, 0.25) is 0 Å². The number of aromatic nitrogens is 2. The molecule has 2 aromatic heterocycles. The molecule has 0 radical (unpaired) electrons. The van der Waals surface area contributed by atoms with Gasteiger partial charge in [-0.25, -0.2) is 0 Å². The Hall–Kier alpha value is -4.50. The lowest BCUT2D eigenvalue weighted by Crippen LogP contribution is -2.36. The van der Waals surface area contributed by atoms with Gasteiger partial charge >= 0.3 is 0 Å². The molecule has 3 aromatic carbocycles. The second kappa shape index (κ2) is 8.26. The van der Waals surface area contributed by atoms with E-state index >= 15 is 0 Å². The molecule has 5 aromatic rings. The van der Waals surface area contributed by atoms with E-state index in [1.165, 1.54) is 57.4 Å². The van der Waals surface area contributed by atoms with Crippen LogP contribution in [-0.2, 0) is 5.41 Å². The molecule has 38 heavy (non-hydrogen) atoms. The molecule has 0 fully saturated rings. The van der Waals surface area contributed by atoms with Crippen LogP contribution in [0.15, 0.2) is 121 Å². The summed E-state index contributed by atoms with van der Waals surface area (Å²) in [5, 5.41) is 0. The first kappa shape index (κ1) is 21.6. The van der Waals surface area contributed by atoms with Crippen molar-refractivity contribution in [2.45, 2.75) is 31.1 Å². The minimum Gasteiger partial charge on any atom is -0.461 e. The van der Waals surface area contributed by atoms with Gasteiger partial charge in [-0.15, -0.1) is 0 Å².